The van der Waals surface area contributed by atoms with Crippen LogP contribution >= 0.6 is 0 Å². The number of rotatable bonds is 1. The molecule has 0 amide bonds. The van der Waals surface area contributed by atoms with Crippen LogP contribution in [0.4, 0.5) is 0 Å². The molecule has 6 aliphatic rings. The fourth-order valence-corrected chi connectivity index (χ4v) is 10.4. The van der Waals surface area contributed by atoms with Crippen LogP contribution in [0.2, 0.25) is 0 Å². The van der Waals surface area contributed by atoms with Gasteiger partial charge in [0, 0.05) is 25.7 Å². The quantitative estimate of drug-likeness (QED) is 0.541. The first kappa shape index (κ1) is 24.4. The zero-order chi connectivity index (χ0) is 25.0. The lowest BCUT2D eigenvalue weighted by molar-refractivity contribution is -0.343. The lowest BCUT2D eigenvalue weighted by Gasteiger charge is -2.62. The molecule has 0 aromatic rings. The maximum atomic E-state index is 14.2. The fraction of sp³-hybridized carbons (Fsp3) is 0.931. The van der Waals surface area contributed by atoms with Crippen molar-refractivity contribution >= 4 is 11.8 Å². The molecule has 1 N–H and O–H groups in total. The van der Waals surface area contributed by atoms with E-state index in [0.29, 0.717) is 48.9 Å². The van der Waals surface area contributed by atoms with Gasteiger partial charge in [-0.05, 0) is 93.8 Å². The van der Waals surface area contributed by atoms with E-state index in [2.05, 4.69) is 13.8 Å². The summed E-state index contributed by atoms with van der Waals surface area (Å²) in [5.41, 5.74) is -0.712. The number of hydrogen-bond acceptors (Lipinski definition) is 6. The number of ketones is 1. The van der Waals surface area contributed by atoms with Crippen molar-refractivity contribution in [3.8, 4) is 0 Å². The van der Waals surface area contributed by atoms with E-state index in [1.54, 1.807) is 0 Å². The fourth-order valence-electron chi connectivity index (χ4n) is 10.4. The van der Waals surface area contributed by atoms with E-state index in [1.165, 1.54) is 19.8 Å². The molecule has 6 nitrogen and oxygen atoms in total. The summed E-state index contributed by atoms with van der Waals surface area (Å²) in [5.74, 6) is 1.18. The molecule has 0 radical (unpaired) electrons. The standard InChI is InChI=1S/C29H44O6/c1-16-21-8-9-22-20-7-6-18-12-19(31)10-11-27(18,5)23(20)13-24(32)28(21,22)15-33-29(16)25(34-17(2)30)14-26(3,4)35-29/h16,18-23,25,31H,6-15H2,1-5H3/t16-,18-,19-,20-,21+,22-,23-,25+,27-,28+,29-/m0/s1. The summed E-state index contributed by atoms with van der Waals surface area (Å²) < 4.78 is 19.1. The molecule has 6 heteroatoms. The van der Waals surface area contributed by atoms with Gasteiger partial charge in [0.15, 0.2) is 6.10 Å². The van der Waals surface area contributed by atoms with Crippen molar-refractivity contribution in [2.75, 3.05) is 6.61 Å². The Balaban J connectivity index is 1.32. The molecule has 6 rings (SSSR count). The topological polar surface area (TPSA) is 82.1 Å². The van der Waals surface area contributed by atoms with Gasteiger partial charge in [-0.2, -0.15) is 0 Å². The summed E-state index contributed by atoms with van der Waals surface area (Å²) in [4.78, 5) is 26.2. The van der Waals surface area contributed by atoms with Gasteiger partial charge < -0.3 is 19.3 Å². The molecule has 0 aromatic heterocycles. The Labute approximate surface area is 209 Å². The third-order valence-electron chi connectivity index (χ3n) is 11.9. The minimum Gasteiger partial charge on any atom is -0.457 e. The van der Waals surface area contributed by atoms with Gasteiger partial charge in [0.05, 0.1) is 23.7 Å². The van der Waals surface area contributed by atoms with Gasteiger partial charge in [0.2, 0.25) is 5.79 Å². The number of fused-ring (bicyclic) bond motifs is 4. The highest BCUT2D eigenvalue weighted by Gasteiger charge is 2.73. The average Bonchev–Trinajstić information content (AvgIpc) is 3.29. The number of ether oxygens (including phenoxy) is 3. The molecule has 11 atom stereocenters. The molecule has 0 unspecified atom stereocenters. The molecule has 2 heterocycles. The molecule has 2 saturated heterocycles. The van der Waals surface area contributed by atoms with E-state index in [4.69, 9.17) is 14.2 Å². The average molecular weight is 489 g/mol. The van der Waals surface area contributed by atoms with Crippen LogP contribution < -0.4 is 0 Å². The van der Waals surface area contributed by atoms with Crippen LogP contribution in [0.1, 0.15) is 92.4 Å². The van der Waals surface area contributed by atoms with Crippen LogP contribution in [0.25, 0.3) is 0 Å². The highest BCUT2D eigenvalue weighted by atomic mass is 16.7. The number of aliphatic hydroxyl groups is 1. The minimum atomic E-state index is -0.972. The number of aliphatic hydroxyl groups excluding tert-OH is 1. The van der Waals surface area contributed by atoms with E-state index >= 15 is 0 Å². The Morgan fingerprint density at radius 1 is 1.06 bits per heavy atom. The Bertz CT molecular complexity index is 915. The molecule has 196 valence electrons. The summed E-state index contributed by atoms with van der Waals surface area (Å²) >= 11 is 0. The van der Waals surface area contributed by atoms with E-state index in [9.17, 15) is 14.7 Å². The van der Waals surface area contributed by atoms with E-state index < -0.39 is 22.9 Å². The molecule has 2 spiro atoms. The van der Waals surface area contributed by atoms with Crippen molar-refractivity contribution in [1.29, 1.82) is 0 Å². The Hall–Kier alpha value is -0.980. The van der Waals surface area contributed by atoms with Gasteiger partial charge >= 0.3 is 5.97 Å². The molecule has 0 bridgehead atoms. The second kappa shape index (κ2) is 7.77. The van der Waals surface area contributed by atoms with Crippen LogP contribution in [-0.2, 0) is 23.8 Å². The van der Waals surface area contributed by atoms with E-state index in [0.717, 1.165) is 32.1 Å². The first-order valence-corrected chi connectivity index (χ1v) is 14.2. The molecule has 4 aliphatic carbocycles. The van der Waals surface area contributed by atoms with Gasteiger partial charge in [0.25, 0.3) is 0 Å². The summed E-state index contributed by atoms with van der Waals surface area (Å²) in [7, 11) is 0. The molecule has 35 heavy (non-hydrogen) atoms. The number of carbonyl (C=O) groups is 2. The van der Waals surface area contributed by atoms with Gasteiger partial charge in [-0.25, -0.2) is 0 Å². The lowest BCUT2D eigenvalue weighted by Crippen LogP contribution is -2.66. The second-order valence-electron chi connectivity index (χ2n) is 13.9. The molecule has 0 aromatic carbocycles. The van der Waals surface area contributed by atoms with Crippen molar-refractivity contribution in [3.63, 3.8) is 0 Å². The van der Waals surface area contributed by atoms with Crippen LogP contribution in [0.5, 0.6) is 0 Å². The Kier molecular flexibility index (Phi) is 5.41. The van der Waals surface area contributed by atoms with Crippen molar-refractivity contribution in [1.82, 2.24) is 0 Å². The van der Waals surface area contributed by atoms with Gasteiger partial charge in [0.1, 0.15) is 5.78 Å². The van der Waals surface area contributed by atoms with Crippen molar-refractivity contribution in [2.45, 2.75) is 116 Å². The highest BCUT2D eigenvalue weighted by Crippen LogP contribution is 2.70. The summed E-state index contributed by atoms with van der Waals surface area (Å²) in [6.45, 7) is 10.5. The van der Waals surface area contributed by atoms with Crippen molar-refractivity contribution in [3.05, 3.63) is 0 Å². The largest absolute Gasteiger partial charge is 0.457 e. The van der Waals surface area contributed by atoms with E-state index in [-0.39, 0.29) is 29.3 Å². The zero-order valence-electron chi connectivity index (χ0n) is 22.2. The molecular formula is C29H44O6. The highest BCUT2D eigenvalue weighted by molar-refractivity contribution is 5.87. The SMILES string of the molecule is CC(=O)O[C@@H]1CC(C)(C)O[C@]12OC[C@]13C(=O)C[C@H]4[C@@H](CC[C@H]5C[C@@H](O)CC[C@@]54C)[C@@H]1CC[C@@H]3[C@@H]2C. The molecular weight excluding hydrogens is 444 g/mol. The summed E-state index contributed by atoms with van der Waals surface area (Å²) in [6.07, 6.45) is 7.89. The first-order chi connectivity index (χ1) is 16.4. The first-order valence-electron chi connectivity index (χ1n) is 14.2. The van der Waals surface area contributed by atoms with Crippen molar-refractivity contribution in [2.24, 2.45) is 46.3 Å². The van der Waals surface area contributed by atoms with Gasteiger partial charge in [-0.1, -0.05) is 13.8 Å². The monoisotopic (exact) mass is 488 g/mol. The molecule has 4 saturated carbocycles. The normalized spacial score (nSPS) is 54.5. The molecule has 2 aliphatic heterocycles. The Morgan fingerprint density at radius 2 is 1.80 bits per heavy atom. The third kappa shape index (κ3) is 3.24. The number of Topliss-reactive ketones (excluding diaryl/α,β-unsaturated/α-hetero) is 1. The lowest BCUT2D eigenvalue weighted by atomic mass is 9.43. The van der Waals surface area contributed by atoms with E-state index in [1.807, 2.05) is 13.8 Å². The zero-order valence-corrected chi connectivity index (χ0v) is 22.2. The predicted octanol–water partition coefficient (Wildman–Crippen LogP) is 4.66. The van der Waals surface area contributed by atoms with Gasteiger partial charge in [-0.15, -0.1) is 0 Å². The predicted molar refractivity (Wildman–Crippen MR) is 129 cm³/mol. The van der Waals surface area contributed by atoms with Crippen LogP contribution in [-0.4, -0.2) is 47.1 Å². The Morgan fingerprint density at radius 3 is 2.54 bits per heavy atom. The number of carbonyl (C=O) groups excluding carboxylic acids is 2. The van der Waals surface area contributed by atoms with Crippen molar-refractivity contribution < 1.29 is 28.9 Å². The number of esters is 1. The second-order valence-corrected chi connectivity index (χ2v) is 13.9. The summed E-state index contributed by atoms with van der Waals surface area (Å²) in [6, 6.07) is 0. The maximum Gasteiger partial charge on any atom is 0.303 e. The minimum absolute atomic E-state index is 0.0235. The maximum absolute atomic E-state index is 14.2. The number of hydrogen-bond donors (Lipinski definition) is 1. The summed E-state index contributed by atoms with van der Waals surface area (Å²) in [5, 5.41) is 10.3. The smallest absolute Gasteiger partial charge is 0.303 e. The molecule has 6 fully saturated rings. The van der Waals surface area contributed by atoms with Gasteiger partial charge in [-0.3, -0.25) is 9.59 Å². The van der Waals surface area contributed by atoms with Crippen LogP contribution in [0.15, 0.2) is 0 Å². The van der Waals surface area contributed by atoms with Crippen LogP contribution in [0, 0.1) is 46.3 Å². The van der Waals surface area contributed by atoms with Crippen LogP contribution in [0.3, 0.4) is 0 Å². The third-order valence-corrected chi connectivity index (χ3v) is 11.9.